The van der Waals surface area contributed by atoms with Gasteiger partial charge in [-0.1, -0.05) is 30.3 Å². The molecule has 0 aromatic heterocycles. The highest BCUT2D eigenvalue weighted by Gasteiger charge is 2.29. The number of benzene rings is 2. The lowest BCUT2D eigenvalue weighted by atomic mass is 9.88. The molecule has 1 aliphatic carbocycles. The van der Waals surface area contributed by atoms with Crippen molar-refractivity contribution in [1.82, 2.24) is 0 Å². The highest BCUT2D eigenvalue weighted by Crippen LogP contribution is 2.31. The molecule has 1 saturated carbocycles. The molecule has 0 heterocycles. The number of ether oxygens (including phenoxy) is 1. The van der Waals surface area contributed by atoms with E-state index in [4.69, 9.17) is 10.5 Å². The third-order valence-electron chi connectivity index (χ3n) is 4.10. The molecule has 22 heavy (non-hydrogen) atoms. The molecule has 4 heteroatoms. The Balaban J connectivity index is 1.76. The van der Waals surface area contributed by atoms with Crippen molar-refractivity contribution in [2.24, 2.45) is 5.73 Å². The zero-order valence-electron chi connectivity index (χ0n) is 12.5. The van der Waals surface area contributed by atoms with E-state index in [1.807, 2.05) is 54.6 Å². The highest BCUT2D eigenvalue weighted by atomic mass is 16.5. The maximum atomic E-state index is 10.3. The molecular formula is C18H22N2O2. The maximum absolute atomic E-state index is 10.3. The zero-order valence-corrected chi connectivity index (χ0v) is 12.5. The van der Waals surface area contributed by atoms with E-state index < -0.39 is 6.10 Å². The fraction of sp³-hybridized carbons (Fsp3) is 0.333. The van der Waals surface area contributed by atoms with Crippen molar-refractivity contribution in [3.63, 3.8) is 0 Å². The van der Waals surface area contributed by atoms with Gasteiger partial charge < -0.3 is 20.9 Å². The fourth-order valence-electron chi connectivity index (χ4n) is 2.86. The standard InChI is InChI=1S/C18H22N2O2/c19-14-9-6-11-16(18(14)21)20-15-10-4-5-12-17(15)22-13-7-2-1-3-8-13/h1-5,7-8,10,12,14,16,18,20-21H,6,9,11,19H2/t14-,16-,18-/m1/s1. The number of aliphatic hydroxyl groups excluding tert-OH is 1. The molecule has 4 nitrogen and oxygen atoms in total. The smallest absolute Gasteiger partial charge is 0.150 e. The van der Waals surface area contributed by atoms with Crippen molar-refractivity contribution in [1.29, 1.82) is 0 Å². The lowest BCUT2D eigenvalue weighted by Crippen LogP contribution is -2.49. The molecule has 1 fully saturated rings. The first-order valence-corrected chi connectivity index (χ1v) is 7.76. The average Bonchev–Trinajstić information content (AvgIpc) is 2.55. The molecule has 3 rings (SSSR count). The third-order valence-corrected chi connectivity index (χ3v) is 4.10. The molecule has 0 unspecified atom stereocenters. The van der Waals surface area contributed by atoms with E-state index in [1.165, 1.54) is 0 Å². The molecule has 3 atom stereocenters. The molecule has 2 aromatic rings. The predicted molar refractivity (Wildman–Crippen MR) is 88.2 cm³/mol. The van der Waals surface area contributed by atoms with Gasteiger partial charge in [0.2, 0.25) is 0 Å². The summed E-state index contributed by atoms with van der Waals surface area (Å²) in [6.45, 7) is 0. The maximum Gasteiger partial charge on any atom is 0.150 e. The fourth-order valence-corrected chi connectivity index (χ4v) is 2.86. The molecule has 0 saturated heterocycles. The first kappa shape index (κ1) is 14.9. The summed E-state index contributed by atoms with van der Waals surface area (Å²) in [4.78, 5) is 0. The quantitative estimate of drug-likeness (QED) is 0.811. The van der Waals surface area contributed by atoms with Crippen molar-refractivity contribution < 1.29 is 9.84 Å². The molecule has 116 valence electrons. The minimum Gasteiger partial charge on any atom is -0.455 e. The molecule has 0 bridgehead atoms. The van der Waals surface area contributed by atoms with Gasteiger partial charge in [0, 0.05) is 6.04 Å². The van der Waals surface area contributed by atoms with E-state index in [9.17, 15) is 5.11 Å². The Morgan fingerprint density at radius 2 is 1.73 bits per heavy atom. The van der Waals surface area contributed by atoms with Gasteiger partial charge in [0.1, 0.15) is 5.75 Å². The van der Waals surface area contributed by atoms with Gasteiger partial charge in [0.15, 0.2) is 5.75 Å². The molecule has 4 N–H and O–H groups in total. The molecule has 0 spiro atoms. The predicted octanol–water partition coefficient (Wildman–Crippen LogP) is 3.13. The van der Waals surface area contributed by atoms with Crippen LogP contribution in [0.5, 0.6) is 11.5 Å². The van der Waals surface area contributed by atoms with Crippen LogP contribution in [0.3, 0.4) is 0 Å². The van der Waals surface area contributed by atoms with Gasteiger partial charge in [0.05, 0.1) is 17.8 Å². The number of nitrogens with one attached hydrogen (secondary N) is 1. The summed E-state index contributed by atoms with van der Waals surface area (Å²) in [5, 5.41) is 13.6. The molecule has 0 amide bonds. The van der Waals surface area contributed by atoms with Crippen molar-refractivity contribution in [3.05, 3.63) is 54.6 Å². The van der Waals surface area contributed by atoms with E-state index in [1.54, 1.807) is 0 Å². The number of anilines is 1. The molecule has 0 radical (unpaired) electrons. The second-order valence-corrected chi connectivity index (χ2v) is 5.75. The molecule has 1 aliphatic rings. The van der Waals surface area contributed by atoms with Crippen LogP contribution in [-0.4, -0.2) is 23.3 Å². The van der Waals surface area contributed by atoms with Crippen LogP contribution < -0.4 is 15.8 Å². The van der Waals surface area contributed by atoms with E-state index in [0.717, 1.165) is 36.4 Å². The second kappa shape index (κ2) is 6.81. The lowest BCUT2D eigenvalue weighted by Gasteiger charge is -2.34. The van der Waals surface area contributed by atoms with Gasteiger partial charge in [-0.25, -0.2) is 0 Å². The van der Waals surface area contributed by atoms with Crippen LogP contribution in [0.25, 0.3) is 0 Å². The summed E-state index contributed by atoms with van der Waals surface area (Å²) < 4.78 is 5.94. The van der Waals surface area contributed by atoms with Gasteiger partial charge in [-0.05, 0) is 43.5 Å². The largest absolute Gasteiger partial charge is 0.455 e. The van der Waals surface area contributed by atoms with Gasteiger partial charge in [-0.15, -0.1) is 0 Å². The topological polar surface area (TPSA) is 67.5 Å². The number of hydrogen-bond acceptors (Lipinski definition) is 4. The third kappa shape index (κ3) is 3.40. The highest BCUT2D eigenvalue weighted by molar-refractivity contribution is 5.58. The van der Waals surface area contributed by atoms with Crippen LogP contribution in [0.2, 0.25) is 0 Å². The van der Waals surface area contributed by atoms with Crippen molar-refractivity contribution in [3.8, 4) is 11.5 Å². The van der Waals surface area contributed by atoms with Crippen LogP contribution in [0.4, 0.5) is 5.69 Å². The first-order chi connectivity index (χ1) is 10.7. The van der Waals surface area contributed by atoms with Gasteiger partial charge in [-0.2, -0.15) is 0 Å². The lowest BCUT2D eigenvalue weighted by molar-refractivity contribution is 0.0953. The van der Waals surface area contributed by atoms with E-state index in [0.29, 0.717) is 0 Å². The molecular weight excluding hydrogens is 276 g/mol. The van der Waals surface area contributed by atoms with Crippen LogP contribution in [0, 0.1) is 0 Å². The van der Waals surface area contributed by atoms with Gasteiger partial charge in [-0.3, -0.25) is 0 Å². The Morgan fingerprint density at radius 3 is 2.55 bits per heavy atom. The number of para-hydroxylation sites is 3. The summed E-state index contributed by atoms with van der Waals surface area (Å²) in [6.07, 6.45) is 2.28. The van der Waals surface area contributed by atoms with Crippen molar-refractivity contribution in [2.75, 3.05) is 5.32 Å². The summed E-state index contributed by atoms with van der Waals surface area (Å²) >= 11 is 0. The van der Waals surface area contributed by atoms with Crippen LogP contribution >= 0.6 is 0 Å². The Bertz CT molecular complexity index is 603. The molecule has 0 aliphatic heterocycles. The monoisotopic (exact) mass is 298 g/mol. The number of hydrogen-bond donors (Lipinski definition) is 3. The summed E-state index contributed by atoms with van der Waals surface area (Å²) in [5.41, 5.74) is 6.84. The Morgan fingerprint density at radius 1 is 1.00 bits per heavy atom. The number of rotatable bonds is 4. The minimum absolute atomic E-state index is 0.0377. The normalized spacial score (nSPS) is 24.7. The van der Waals surface area contributed by atoms with E-state index >= 15 is 0 Å². The van der Waals surface area contributed by atoms with Gasteiger partial charge >= 0.3 is 0 Å². The van der Waals surface area contributed by atoms with Crippen molar-refractivity contribution >= 4 is 5.69 Å². The van der Waals surface area contributed by atoms with Crippen LogP contribution in [-0.2, 0) is 0 Å². The Labute approximate surface area is 130 Å². The SMILES string of the molecule is N[C@@H]1CCC[C@@H](Nc2ccccc2Oc2ccccc2)[C@@H]1O. The van der Waals surface area contributed by atoms with Crippen molar-refractivity contribution in [2.45, 2.75) is 37.5 Å². The Kier molecular flexibility index (Phi) is 4.61. The summed E-state index contributed by atoms with van der Waals surface area (Å²) in [7, 11) is 0. The molecule has 2 aromatic carbocycles. The zero-order chi connectivity index (χ0) is 15.4. The van der Waals surface area contributed by atoms with Crippen LogP contribution in [0.15, 0.2) is 54.6 Å². The van der Waals surface area contributed by atoms with Crippen LogP contribution in [0.1, 0.15) is 19.3 Å². The second-order valence-electron chi connectivity index (χ2n) is 5.75. The van der Waals surface area contributed by atoms with Gasteiger partial charge in [0.25, 0.3) is 0 Å². The summed E-state index contributed by atoms with van der Waals surface area (Å²) in [6, 6.07) is 17.3. The number of nitrogens with two attached hydrogens (primary N) is 1. The minimum atomic E-state index is -0.529. The first-order valence-electron chi connectivity index (χ1n) is 7.76. The Hall–Kier alpha value is -2.04. The van der Waals surface area contributed by atoms with E-state index in [-0.39, 0.29) is 12.1 Å². The van der Waals surface area contributed by atoms with E-state index in [2.05, 4.69) is 5.32 Å². The average molecular weight is 298 g/mol. The number of aliphatic hydroxyl groups is 1. The summed E-state index contributed by atoms with van der Waals surface area (Å²) in [5.74, 6) is 1.54.